The lowest BCUT2D eigenvalue weighted by Crippen LogP contribution is -2.13. The minimum Gasteiger partial charge on any atom is -0.335 e. The highest BCUT2D eigenvalue weighted by atomic mass is 32.2. The van der Waals surface area contributed by atoms with Crippen LogP contribution in [0.3, 0.4) is 0 Å². The molecule has 0 fully saturated rings. The Hall–Kier alpha value is -2.54. The van der Waals surface area contributed by atoms with E-state index in [1.165, 1.54) is 24.3 Å². The number of nitrogens with zero attached hydrogens (tertiary/aromatic N) is 1. The number of ketones is 1. The topological polar surface area (TPSA) is 41.5 Å². The number of hydrogen-bond acceptors (Lipinski definition) is 4. The fourth-order valence-electron chi connectivity index (χ4n) is 2.54. The van der Waals surface area contributed by atoms with Crippen molar-refractivity contribution in [1.29, 1.82) is 0 Å². The van der Waals surface area contributed by atoms with Crippen LogP contribution in [-0.4, -0.2) is 23.2 Å². The number of alkyl halides is 3. The Bertz CT molecular complexity index is 874. The van der Waals surface area contributed by atoms with Crippen molar-refractivity contribution in [2.24, 2.45) is 4.99 Å². The van der Waals surface area contributed by atoms with Crippen molar-refractivity contribution in [3.63, 3.8) is 0 Å². The lowest BCUT2D eigenvalue weighted by molar-refractivity contribution is -0.137. The van der Waals surface area contributed by atoms with Crippen molar-refractivity contribution < 1.29 is 18.0 Å². The summed E-state index contributed by atoms with van der Waals surface area (Å²) in [6, 6.07) is 11.9. The van der Waals surface area contributed by atoms with Gasteiger partial charge in [0, 0.05) is 23.5 Å². The molecule has 3 rings (SSSR count). The van der Waals surface area contributed by atoms with Crippen molar-refractivity contribution in [3.8, 4) is 0 Å². The average molecular weight is 390 g/mol. The van der Waals surface area contributed by atoms with Gasteiger partial charge in [0.15, 0.2) is 11.0 Å². The van der Waals surface area contributed by atoms with Crippen LogP contribution in [0.4, 0.5) is 18.9 Å². The van der Waals surface area contributed by atoms with E-state index in [1.54, 1.807) is 36.0 Å². The maximum atomic E-state index is 13.0. The second kappa shape index (κ2) is 8.43. The summed E-state index contributed by atoms with van der Waals surface area (Å²) in [6.07, 6.45) is -1.04. The summed E-state index contributed by atoms with van der Waals surface area (Å²) in [6.45, 7) is 0.802. The summed E-state index contributed by atoms with van der Waals surface area (Å²) in [5.41, 5.74) is 0.411. The SMILES string of the molecule is O=C(/C=C/c1ccccc1C(F)(F)F)c1ccc(NC2=NCCCS2)cc1. The molecule has 0 spiro atoms. The summed E-state index contributed by atoms with van der Waals surface area (Å²) in [7, 11) is 0. The quantitative estimate of drug-likeness (QED) is 0.553. The Kier molecular flexibility index (Phi) is 6.01. The molecule has 3 nitrogen and oxygen atoms in total. The number of carbonyl (C=O) groups is 1. The fourth-order valence-corrected chi connectivity index (χ4v) is 3.38. The molecule has 1 aliphatic rings. The number of benzene rings is 2. The molecule has 1 N–H and O–H groups in total. The predicted molar refractivity (Wildman–Crippen MR) is 104 cm³/mol. The van der Waals surface area contributed by atoms with Crippen LogP contribution in [0.1, 0.15) is 27.9 Å². The molecule has 7 heteroatoms. The van der Waals surface area contributed by atoms with Crippen LogP contribution >= 0.6 is 11.8 Å². The first-order chi connectivity index (χ1) is 12.9. The number of anilines is 1. The van der Waals surface area contributed by atoms with E-state index in [9.17, 15) is 18.0 Å². The first-order valence-corrected chi connectivity index (χ1v) is 9.35. The number of halogens is 3. The molecule has 0 radical (unpaired) electrons. The number of aliphatic imine (C=N–C) groups is 1. The molecule has 1 aliphatic heterocycles. The molecule has 0 aromatic heterocycles. The van der Waals surface area contributed by atoms with Gasteiger partial charge in [0.2, 0.25) is 0 Å². The lowest BCUT2D eigenvalue weighted by atomic mass is 10.0. The van der Waals surface area contributed by atoms with Crippen molar-refractivity contribution in [1.82, 2.24) is 0 Å². The first kappa shape index (κ1) is 19.2. The Balaban J connectivity index is 1.70. The van der Waals surface area contributed by atoms with Crippen LogP contribution in [0.2, 0.25) is 0 Å². The molecule has 0 amide bonds. The Morgan fingerprint density at radius 1 is 1.11 bits per heavy atom. The van der Waals surface area contributed by atoms with Crippen LogP contribution in [0.25, 0.3) is 6.08 Å². The number of amidine groups is 1. The van der Waals surface area contributed by atoms with Gasteiger partial charge in [-0.2, -0.15) is 13.2 Å². The van der Waals surface area contributed by atoms with E-state index >= 15 is 0 Å². The van der Waals surface area contributed by atoms with Gasteiger partial charge in [-0.1, -0.05) is 36.0 Å². The summed E-state index contributed by atoms with van der Waals surface area (Å²) >= 11 is 1.65. The molecule has 2 aromatic rings. The van der Waals surface area contributed by atoms with Gasteiger partial charge in [-0.05, 0) is 48.4 Å². The van der Waals surface area contributed by atoms with Crippen LogP contribution in [0, 0.1) is 0 Å². The Morgan fingerprint density at radius 2 is 1.85 bits per heavy atom. The smallest absolute Gasteiger partial charge is 0.335 e. The third-order valence-electron chi connectivity index (χ3n) is 3.90. The van der Waals surface area contributed by atoms with Crippen LogP contribution in [0.5, 0.6) is 0 Å². The summed E-state index contributed by atoms with van der Waals surface area (Å²) in [5.74, 6) is 0.662. The zero-order valence-corrected chi connectivity index (χ0v) is 15.1. The number of allylic oxidation sites excluding steroid dienone is 1. The molecular weight excluding hydrogens is 373 g/mol. The molecule has 0 aliphatic carbocycles. The Morgan fingerprint density at radius 3 is 2.52 bits per heavy atom. The highest BCUT2D eigenvalue weighted by Crippen LogP contribution is 2.32. The molecule has 0 saturated carbocycles. The summed E-state index contributed by atoms with van der Waals surface area (Å²) in [4.78, 5) is 16.6. The molecule has 2 aromatic carbocycles. The van der Waals surface area contributed by atoms with Crippen molar-refractivity contribution >= 4 is 34.5 Å². The van der Waals surface area contributed by atoms with E-state index in [1.807, 2.05) is 0 Å². The number of rotatable bonds is 4. The minimum absolute atomic E-state index is 0.0380. The first-order valence-electron chi connectivity index (χ1n) is 8.36. The van der Waals surface area contributed by atoms with E-state index in [0.717, 1.165) is 41.7 Å². The van der Waals surface area contributed by atoms with Crippen molar-refractivity contribution in [3.05, 3.63) is 71.3 Å². The van der Waals surface area contributed by atoms with Crippen LogP contribution in [0.15, 0.2) is 59.6 Å². The van der Waals surface area contributed by atoms with Gasteiger partial charge >= 0.3 is 6.18 Å². The highest BCUT2D eigenvalue weighted by molar-refractivity contribution is 8.14. The van der Waals surface area contributed by atoms with Crippen molar-refractivity contribution in [2.75, 3.05) is 17.6 Å². The molecule has 1 heterocycles. The second-order valence-electron chi connectivity index (χ2n) is 5.87. The summed E-state index contributed by atoms with van der Waals surface area (Å²) < 4.78 is 39.0. The fraction of sp³-hybridized carbons (Fsp3) is 0.200. The van der Waals surface area contributed by atoms with E-state index in [-0.39, 0.29) is 11.3 Å². The van der Waals surface area contributed by atoms with Crippen LogP contribution in [-0.2, 0) is 6.18 Å². The zero-order chi connectivity index (χ0) is 19.3. The van der Waals surface area contributed by atoms with E-state index in [0.29, 0.717) is 5.56 Å². The molecule has 0 atom stereocenters. The number of nitrogens with one attached hydrogen (secondary N) is 1. The van der Waals surface area contributed by atoms with Crippen molar-refractivity contribution in [2.45, 2.75) is 12.6 Å². The predicted octanol–water partition coefficient (Wildman–Crippen LogP) is 5.51. The van der Waals surface area contributed by atoms with Gasteiger partial charge < -0.3 is 5.32 Å². The molecule has 0 saturated heterocycles. The largest absolute Gasteiger partial charge is 0.416 e. The third kappa shape index (κ3) is 5.23. The molecule has 140 valence electrons. The number of hydrogen-bond donors (Lipinski definition) is 1. The number of thioether (sulfide) groups is 1. The zero-order valence-electron chi connectivity index (χ0n) is 14.3. The van der Waals surface area contributed by atoms with E-state index in [4.69, 9.17) is 0 Å². The Labute approximate surface area is 159 Å². The minimum atomic E-state index is -4.46. The maximum absolute atomic E-state index is 13.0. The number of carbonyl (C=O) groups excluding carboxylic acids is 1. The molecule has 27 heavy (non-hydrogen) atoms. The normalized spacial score (nSPS) is 14.9. The van der Waals surface area contributed by atoms with Gasteiger partial charge in [-0.25, -0.2) is 0 Å². The molecular formula is C20H17F3N2OS. The van der Waals surface area contributed by atoms with Crippen LogP contribution < -0.4 is 5.32 Å². The standard InChI is InChI=1S/C20H17F3N2OS/c21-20(22,23)17-5-2-1-4-14(17)8-11-18(26)15-6-9-16(10-7-15)25-19-24-12-3-13-27-19/h1-2,4-11H,3,12-13H2,(H,24,25)/b11-8+. The maximum Gasteiger partial charge on any atom is 0.416 e. The highest BCUT2D eigenvalue weighted by Gasteiger charge is 2.32. The third-order valence-corrected chi connectivity index (χ3v) is 4.90. The lowest BCUT2D eigenvalue weighted by Gasteiger charge is -2.13. The molecule has 0 bridgehead atoms. The van der Waals surface area contributed by atoms with Gasteiger partial charge in [0.05, 0.1) is 5.56 Å². The van der Waals surface area contributed by atoms with Gasteiger partial charge in [0.25, 0.3) is 0 Å². The average Bonchev–Trinajstić information content (AvgIpc) is 2.67. The van der Waals surface area contributed by atoms with Gasteiger partial charge in [-0.3, -0.25) is 9.79 Å². The summed E-state index contributed by atoms with van der Waals surface area (Å²) in [5, 5.41) is 4.04. The molecule has 0 unspecified atom stereocenters. The van der Waals surface area contributed by atoms with Gasteiger partial charge in [0.1, 0.15) is 0 Å². The monoisotopic (exact) mass is 390 g/mol. The van der Waals surface area contributed by atoms with E-state index < -0.39 is 11.7 Å². The van der Waals surface area contributed by atoms with E-state index in [2.05, 4.69) is 10.3 Å². The second-order valence-corrected chi connectivity index (χ2v) is 6.96. The van der Waals surface area contributed by atoms with Gasteiger partial charge in [-0.15, -0.1) is 0 Å².